The lowest BCUT2D eigenvalue weighted by atomic mass is 10.2. The average molecular weight is 382 g/mol. The van der Waals surface area contributed by atoms with Crippen molar-refractivity contribution in [1.82, 2.24) is 4.31 Å². The Morgan fingerprint density at radius 1 is 1.32 bits per heavy atom. The van der Waals surface area contributed by atoms with Gasteiger partial charge in [0.2, 0.25) is 15.9 Å². The zero-order valence-electron chi connectivity index (χ0n) is 13.3. The van der Waals surface area contributed by atoms with Crippen molar-refractivity contribution in [2.45, 2.75) is 17.5 Å². The normalized spacial score (nSPS) is 16.5. The number of halogens is 3. The molecule has 7 nitrogen and oxygen atoms in total. The summed E-state index contributed by atoms with van der Waals surface area (Å²) in [5.41, 5.74) is -0.147. The van der Waals surface area contributed by atoms with Crippen LogP contribution in [0.2, 0.25) is 0 Å². The van der Waals surface area contributed by atoms with Crippen molar-refractivity contribution in [1.29, 1.82) is 0 Å². The highest BCUT2D eigenvalue weighted by Gasteiger charge is 2.32. The van der Waals surface area contributed by atoms with Crippen molar-refractivity contribution in [3.05, 3.63) is 18.2 Å². The third-order valence-corrected chi connectivity index (χ3v) is 5.31. The average Bonchev–Trinajstić information content (AvgIpc) is 2.53. The number of nitrogens with zero attached hydrogens (tertiary/aromatic N) is 1. The number of hydrogen-bond acceptors (Lipinski definition) is 5. The van der Waals surface area contributed by atoms with Gasteiger partial charge in [-0.25, -0.2) is 8.42 Å². The summed E-state index contributed by atoms with van der Waals surface area (Å²) >= 11 is 0. The smallest absolute Gasteiger partial charge is 0.397 e. The fourth-order valence-electron chi connectivity index (χ4n) is 2.26. The van der Waals surface area contributed by atoms with Gasteiger partial charge in [-0.3, -0.25) is 4.79 Å². The molecule has 1 fully saturated rings. The quantitative estimate of drug-likeness (QED) is 0.836. The zero-order chi connectivity index (χ0) is 18.7. The van der Waals surface area contributed by atoms with Crippen LogP contribution >= 0.6 is 0 Å². The summed E-state index contributed by atoms with van der Waals surface area (Å²) in [6, 6.07) is 3.62. The molecule has 0 aromatic heterocycles. The number of nitrogens with one attached hydrogen (secondary N) is 1. The van der Waals surface area contributed by atoms with E-state index in [2.05, 4.69) is 0 Å². The first-order valence-corrected chi connectivity index (χ1v) is 8.70. The molecule has 0 spiro atoms. The highest BCUT2D eigenvalue weighted by Crippen LogP contribution is 2.30. The number of morpholine rings is 1. The lowest BCUT2D eigenvalue weighted by molar-refractivity contribution is -0.150. The van der Waals surface area contributed by atoms with E-state index >= 15 is 0 Å². The van der Waals surface area contributed by atoms with Crippen LogP contribution in [-0.2, 0) is 19.6 Å². The van der Waals surface area contributed by atoms with Crippen molar-refractivity contribution in [2.24, 2.45) is 0 Å². The molecule has 0 atom stereocenters. The van der Waals surface area contributed by atoms with Gasteiger partial charge in [-0.05, 0) is 18.2 Å². The maximum Gasteiger partial charge on any atom is 0.397 e. The highest BCUT2D eigenvalue weighted by molar-refractivity contribution is 7.89. The SMILES string of the molecule is COc1ccc(S(=O)(=O)N2CCOCC2)cc1NC(=O)CC(F)(F)F. The Morgan fingerprint density at radius 3 is 2.52 bits per heavy atom. The van der Waals surface area contributed by atoms with Gasteiger partial charge < -0.3 is 14.8 Å². The molecule has 1 saturated heterocycles. The number of ether oxygens (including phenoxy) is 2. The van der Waals surface area contributed by atoms with Gasteiger partial charge in [0, 0.05) is 13.1 Å². The molecule has 11 heteroatoms. The number of anilines is 1. The molecule has 140 valence electrons. The molecule has 0 unspecified atom stereocenters. The lowest BCUT2D eigenvalue weighted by Gasteiger charge is -2.26. The largest absolute Gasteiger partial charge is 0.495 e. The van der Waals surface area contributed by atoms with Crippen molar-refractivity contribution in [2.75, 3.05) is 38.7 Å². The summed E-state index contributed by atoms with van der Waals surface area (Å²) in [5, 5.41) is 2.04. The lowest BCUT2D eigenvalue weighted by Crippen LogP contribution is -2.40. The van der Waals surface area contributed by atoms with Crippen LogP contribution in [0.1, 0.15) is 6.42 Å². The molecular formula is C14H17F3N2O5S. The summed E-state index contributed by atoms with van der Waals surface area (Å²) in [7, 11) is -2.60. The Morgan fingerprint density at radius 2 is 1.96 bits per heavy atom. The zero-order valence-corrected chi connectivity index (χ0v) is 14.1. The predicted octanol–water partition coefficient (Wildman–Crippen LogP) is 1.61. The van der Waals surface area contributed by atoms with Crippen LogP contribution in [0.25, 0.3) is 0 Å². The first-order chi connectivity index (χ1) is 11.6. The number of amides is 1. The second-order valence-electron chi connectivity index (χ2n) is 5.22. The predicted molar refractivity (Wildman–Crippen MR) is 81.9 cm³/mol. The molecule has 1 aliphatic heterocycles. The number of methoxy groups -OCH3 is 1. The molecule has 0 saturated carbocycles. The van der Waals surface area contributed by atoms with Crippen molar-refractivity contribution < 1.29 is 35.9 Å². The van der Waals surface area contributed by atoms with Crippen LogP contribution < -0.4 is 10.1 Å². The van der Waals surface area contributed by atoms with E-state index in [-0.39, 0.29) is 42.6 Å². The Balaban J connectivity index is 2.28. The van der Waals surface area contributed by atoms with E-state index in [0.717, 1.165) is 6.07 Å². The standard InChI is InChI=1S/C14H17F3N2O5S/c1-23-12-3-2-10(25(21,22)19-4-6-24-7-5-19)8-11(12)18-13(20)9-14(15,16)17/h2-3,8H,4-7,9H2,1H3,(H,18,20). The fraction of sp³-hybridized carbons (Fsp3) is 0.500. The van der Waals surface area contributed by atoms with Crippen LogP contribution in [0.5, 0.6) is 5.75 Å². The number of benzene rings is 1. The van der Waals surface area contributed by atoms with Crippen LogP contribution in [0.4, 0.5) is 18.9 Å². The molecule has 1 aromatic carbocycles. The minimum atomic E-state index is -4.67. The molecule has 1 heterocycles. The number of carbonyl (C=O) groups is 1. The van der Waals surface area contributed by atoms with Crippen LogP contribution in [-0.4, -0.2) is 58.2 Å². The Bertz CT molecular complexity index is 730. The second-order valence-corrected chi connectivity index (χ2v) is 7.16. The minimum Gasteiger partial charge on any atom is -0.495 e. The van der Waals surface area contributed by atoms with Gasteiger partial charge in [-0.2, -0.15) is 17.5 Å². The van der Waals surface area contributed by atoms with E-state index in [4.69, 9.17) is 9.47 Å². The van der Waals surface area contributed by atoms with Gasteiger partial charge in [-0.1, -0.05) is 0 Å². The summed E-state index contributed by atoms with van der Waals surface area (Å²) in [6.45, 7) is 0.851. The number of alkyl halides is 3. The summed E-state index contributed by atoms with van der Waals surface area (Å²) in [6.07, 6.45) is -6.36. The van der Waals surface area contributed by atoms with E-state index in [1.54, 1.807) is 0 Å². The van der Waals surface area contributed by atoms with E-state index in [1.807, 2.05) is 5.32 Å². The molecule has 2 rings (SSSR count). The van der Waals surface area contributed by atoms with Gasteiger partial charge in [-0.15, -0.1) is 0 Å². The monoisotopic (exact) mass is 382 g/mol. The van der Waals surface area contributed by atoms with Crippen molar-refractivity contribution in [3.8, 4) is 5.75 Å². The van der Waals surface area contributed by atoms with Crippen LogP contribution in [0.3, 0.4) is 0 Å². The molecule has 1 aliphatic rings. The molecule has 1 aromatic rings. The van der Waals surface area contributed by atoms with E-state index in [9.17, 15) is 26.4 Å². The number of rotatable bonds is 5. The number of hydrogen-bond donors (Lipinski definition) is 1. The molecule has 0 aliphatic carbocycles. The first-order valence-electron chi connectivity index (χ1n) is 7.26. The molecule has 25 heavy (non-hydrogen) atoms. The van der Waals surface area contributed by atoms with Gasteiger partial charge >= 0.3 is 6.18 Å². The van der Waals surface area contributed by atoms with E-state index in [0.29, 0.717) is 0 Å². The van der Waals surface area contributed by atoms with Crippen molar-refractivity contribution in [3.63, 3.8) is 0 Å². The van der Waals surface area contributed by atoms with Gasteiger partial charge in [0.1, 0.15) is 12.2 Å². The summed E-state index contributed by atoms with van der Waals surface area (Å²) in [5.74, 6) is -1.26. The second kappa shape index (κ2) is 7.58. The maximum absolute atomic E-state index is 12.6. The Labute approximate surface area is 142 Å². The van der Waals surface area contributed by atoms with Gasteiger partial charge in [0.25, 0.3) is 0 Å². The molecule has 1 N–H and O–H groups in total. The summed E-state index contributed by atoms with van der Waals surface area (Å²) in [4.78, 5) is 11.3. The Kier molecular flexibility index (Phi) is 5.91. The third kappa shape index (κ3) is 5.06. The molecular weight excluding hydrogens is 365 g/mol. The molecule has 0 bridgehead atoms. The molecule has 0 radical (unpaired) electrons. The highest BCUT2D eigenvalue weighted by atomic mass is 32.2. The van der Waals surface area contributed by atoms with Crippen LogP contribution in [0.15, 0.2) is 23.1 Å². The number of carbonyl (C=O) groups excluding carboxylic acids is 1. The summed E-state index contributed by atoms with van der Waals surface area (Å²) < 4.78 is 73.3. The van der Waals surface area contributed by atoms with Gasteiger partial charge in [0.15, 0.2) is 0 Å². The Hall–Kier alpha value is -1.85. The van der Waals surface area contributed by atoms with E-state index in [1.165, 1.54) is 23.5 Å². The van der Waals surface area contributed by atoms with Crippen molar-refractivity contribution >= 4 is 21.6 Å². The first kappa shape index (κ1) is 19.5. The van der Waals surface area contributed by atoms with E-state index < -0.39 is 28.5 Å². The number of sulfonamides is 1. The molecule has 1 amide bonds. The third-order valence-electron chi connectivity index (χ3n) is 3.41. The van der Waals surface area contributed by atoms with Gasteiger partial charge in [0.05, 0.1) is 30.9 Å². The fourth-order valence-corrected chi connectivity index (χ4v) is 3.69. The maximum atomic E-state index is 12.6. The minimum absolute atomic E-state index is 0.0523. The topological polar surface area (TPSA) is 84.9 Å². The van der Waals surface area contributed by atoms with Crippen LogP contribution in [0, 0.1) is 0 Å².